The van der Waals surface area contributed by atoms with Crippen molar-refractivity contribution in [2.24, 2.45) is 0 Å². The lowest BCUT2D eigenvalue weighted by Crippen LogP contribution is -2.00. The fourth-order valence-electron chi connectivity index (χ4n) is 2.13. The standard InChI is InChI=1S/C9H7NO.C9H7N.ClH/c11-9-5-7-3-1-2-4-8(7)6-10-9;1-2-4-9-7-10-6-5-8(9)3-1;/h1-6H,(H,10,11);1-7H;1H. The highest BCUT2D eigenvalue weighted by Gasteiger charge is 1.89. The normalized spacial score (nSPS) is 9.64. The van der Waals surface area contributed by atoms with E-state index >= 15 is 0 Å². The molecule has 4 aromatic rings. The quantitative estimate of drug-likeness (QED) is 0.529. The summed E-state index contributed by atoms with van der Waals surface area (Å²) in [5.74, 6) is 0. The minimum Gasteiger partial charge on any atom is -0.328 e. The summed E-state index contributed by atoms with van der Waals surface area (Å²) in [7, 11) is 0. The van der Waals surface area contributed by atoms with Crippen molar-refractivity contribution >= 4 is 34.0 Å². The van der Waals surface area contributed by atoms with Gasteiger partial charge in [-0.15, -0.1) is 12.4 Å². The van der Waals surface area contributed by atoms with Crippen molar-refractivity contribution < 1.29 is 0 Å². The molecule has 2 heterocycles. The van der Waals surface area contributed by atoms with Gasteiger partial charge in [-0.3, -0.25) is 9.78 Å². The molecule has 22 heavy (non-hydrogen) atoms. The van der Waals surface area contributed by atoms with Crippen molar-refractivity contribution in [2.45, 2.75) is 0 Å². The summed E-state index contributed by atoms with van der Waals surface area (Å²) in [4.78, 5) is 17.5. The lowest BCUT2D eigenvalue weighted by atomic mass is 10.2. The predicted molar refractivity (Wildman–Crippen MR) is 93.6 cm³/mol. The van der Waals surface area contributed by atoms with E-state index in [2.05, 4.69) is 22.1 Å². The molecule has 0 unspecified atom stereocenters. The van der Waals surface area contributed by atoms with Gasteiger partial charge in [0.15, 0.2) is 0 Å². The van der Waals surface area contributed by atoms with Crippen LogP contribution in [0.5, 0.6) is 0 Å². The van der Waals surface area contributed by atoms with Crippen molar-refractivity contribution in [1.82, 2.24) is 9.97 Å². The molecular weight excluding hydrogens is 296 g/mol. The second-order valence-electron chi connectivity index (χ2n) is 4.65. The number of hydrogen-bond acceptors (Lipinski definition) is 2. The number of rotatable bonds is 0. The van der Waals surface area contributed by atoms with E-state index in [1.807, 2.05) is 54.9 Å². The SMILES string of the molecule is Cl.O=c1cc2ccccc2c[nH]1.c1ccc2cnccc2c1. The zero-order valence-corrected chi connectivity index (χ0v) is 12.6. The van der Waals surface area contributed by atoms with Crippen LogP contribution in [0.4, 0.5) is 0 Å². The number of fused-ring (bicyclic) bond motifs is 2. The maximum atomic E-state index is 10.8. The highest BCUT2D eigenvalue weighted by atomic mass is 35.5. The Balaban J connectivity index is 0.000000154. The molecule has 4 rings (SSSR count). The predicted octanol–water partition coefficient (Wildman–Crippen LogP) is 4.18. The molecule has 2 aromatic heterocycles. The van der Waals surface area contributed by atoms with Crippen LogP contribution < -0.4 is 5.56 Å². The van der Waals surface area contributed by atoms with Gasteiger partial charge in [0.1, 0.15) is 0 Å². The van der Waals surface area contributed by atoms with E-state index in [0.717, 1.165) is 10.8 Å². The first-order valence-corrected chi connectivity index (χ1v) is 6.69. The summed E-state index contributed by atoms with van der Waals surface area (Å²) < 4.78 is 0. The zero-order valence-electron chi connectivity index (χ0n) is 11.8. The maximum absolute atomic E-state index is 10.8. The molecule has 0 saturated heterocycles. The van der Waals surface area contributed by atoms with Crippen LogP contribution in [0.1, 0.15) is 0 Å². The summed E-state index contributed by atoms with van der Waals surface area (Å²) >= 11 is 0. The summed E-state index contributed by atoms with van der Waals surface area (Å²) in [6.07, 6.45) is 5.40. The summed E-state index contributed by atoms with van der Waals surface area (Å²) in [6, 6.07) is 19.5. The number of hydrogen-bond donors (Lipinski definition) is 1. The highest BCUT2D eigenvalue weighted by molar-refractivity contribution is 5.85. The number of H-pyrrole nitrogens is 1. The smallest absolute Gasteiger partial charge is 0.248 e. The molecule has 1 N–H and O–H groups in total. The molecule has 0 spiro atoms. The van der Waals surface area contributed by atoms with Gasteiger partial charge in [-0.05, 0) is 27.6 Å². The second-order valence-corrected chi connectivity index (χ2v) is 4.65. The molecule has 0 saturated carbocycles. The third-order valence-electron chi connectivity index (χ3n) is 3.20. The number of pyridine rings is 2. The van der Waals surface area contributed by atoms with Crippen molar-refractivity contribution in [3.63, 3.8) is 0 Å². The Morgan fingerprint density at radius 3 is 2.14 bits per heavy atom. The number of halogens is 1. The van der Waals surface area contributed by atoms with Gasteiger partial charge < -0.3 is 4.98 Å². The number of nitrogens with one attached hydrogen (secondary N) is 1. The van der Waals surface area contributed by atoms with E-state index in [1.165, 1.54) is 10.8 Å². The molecule has 0 bridgehead atoms. The number of benzene rings is 2. The Kier molecular flexibility index (Phi) is 5.28. The van der Waals surface area contributed by atoms with Gasteiger partial charge in [0.25, 0.3) is 0 Å². The fraction of sp³-hybridized carbons (Fsp3) is 0. The fourth-order valence-corrected chi connectivity index (χ4v) is 2.13. The van der Waals surface area contributed by atoms with Crippen molar-refractivity contribution in [2.75, 3.05) is 0 Å². The van der Waals surface area contributed by atoms with Crippen molar-refractivity contribution in [3.8, 4) is 0 Å². The molecule has 3 nitrogen and oxygen atoms in total. The molecular formula is C18H15ClN2O. The number of aromatic nitrogens is 2. The molecule has 4 heteroatoms. The molecule has 0 amide bonds. The molecule has 0 aliphatic heterocycles. The van der Waals surface area contributed by atoms with E-state index in [1.54, 1.807) is 12.3 Å². The van der Waals surface area contributed by atoms with Gasteiger partial charge in [-0.25, -0.2) is 0 Å². The van der Waals surface area contributed by atoms with E-state index < -0.39 is 0 Å². The molecule has 0 atom stereocenters. The van der Waals surface area contributed by atoms with Crippen LogP contribution in [0, 0.1) is 0 Å². The second kappa shape index (κ2) is 7.38. The van der Waals surface area contributed by atoms with Gasteiger partial charge in [-0.1, -0.05) is 48.5 Å². The van der Waals surface area contributed by atoms with E-state index in [4.69, 9.17) is 0 Å². The third kappa shape index (κ3) is 3.71. The van der Waals surface area contributed by atoms with Crippen LogP contribution in [0.25, 0.3) is 21.5 Å². The number of aromatic amines is 1. The minimum atomic E-state index is -0.0521. The largest absolute Gasteiger partial charge is 0.328 e. The lowest BCUT2D eigenvalue weighted by molar-refractivity contribution is 1.27. The zero-order chi connectivity index (χ0) is 14.5. The molecule has 0 aliphatic rings. The average Bonchev–Trinajstić information content (AvgIpc) is 2.55. The van der Waals surface area contributed by atoms with Crippen LogP contribution in [-0.2, 0) is 0 Å². The monoisotopic (exact) mass is 310 g/mol. The average molecular weight is 311 g/mol. The van der Waals surface area contributed by atoms with Gasteiger partial charge >= 0.3 is 0 Å². The van der Waals surface area contributed by atoms with Crippen LogP contribution >= 0.6 is 12.4 Å². The topological polar surface area (TPSA) is 45.8 Å². The Morgan fingerprint density at radius 2 is 1.41 bits per heavy atom. The molecule has 110 valence electrons. The van der Waals surface area contributed by atoms with Crippen LogP contribution in [0.2, 0.25) is 0 Å². The van der Waals surface area contributed by atoms with Gasteiger partial charge in [-0.2, -0.15) is 0 Å². The Bertz CT molecular complexity index is 869. The van der Waals surface area contributed by atoms with Gasteiger partial charge in [0, 0.05) is 24.7 Å². The summed E-state index contributed by atoms with van der Waals surface area (Å²) in [5, 5.41) is 4.49. The summed E-state index contributed by atoms with van der Waals surface area (Å²) in [5.41, 5.74) is -0.0521. The molecule has 0 fully saturated rings. The lowest BCUT2D eigenvalue weighted by Gasteiger charge is -1.92. The summed E-state index contributed by atoms with van der Waals surface area (Å²) in [6.45, 7) is 0. The first-order valence-electron chi connectivity index (χ1n) is 6.69. The first kappa shape index (κ1) is 15.7. The minimum absolute atomic E-state index is 0. The Hall–Kier alpha value is -2.65. The van der Waals surface area contributed by atoms with E-state index in [9.17, 15) is 4.79 Å². The van der Waals surface area contributed by atoms with Crippen LogP contribution in [-0.4, -0.2) is 9.97 Å². The third-order valence-corrected chi connectivity index (χ3v) is 3.20. The van der Waals surface area contributed by atoms with Gasteiger partial charge in [0.2, 0.25) is 5.56 Å². The van der Waals surface area contributed by atoms with Gasteiger partial charge in [0.05, 0.1) is 0 Å². The van der Waals surface area contributed by atoms with Crippen LogP contribution in [0.3, 0.4) is 0 Å². The van der Waals surface area contributed by atoms with Crippen molar-refractivity contribution in [1.29, 1.82) is 0 Å². The molecule has 2 aromatic carbocycles. The maximum Gasteiger partial charge on any atom is 0.248 e. The Morgan fingerprint density at radius 1 is 0.773 bits per heavy atom. The van der Waals surface area contributed by atoms with E-state index in [-0.39, 0.29) is 18.0 Å². The number of nitrogens with zero attached hydrogens (tertiary/aromatic N) is 1. The van der Waals surface area contributed by atoms with Crippen LogP contribution in [0.15, 0.2) is 84.0 Å². The molecule has 0 radical (unpaired) electrons. The first-order chi connectivity index (χ1) is 10.3. The van der Waals surface area contributed by atoms with E-state index in [0.29, 0.717) is 0 Å². The highest BCUT2D eigenvalue weighted by Crippen LogP contribution is 2.09. The van der Waals surface area contributed by atoms with Crippen molar-refractivity contribution in [3.05, 3.63) is 89.6 Å². The Labute approximate surface area is 134 Å². The molecule has 0 aliphatic carbocycles.